The van der Waals surface area contributed by atoms with Gasteiger partial charge in [-0.25, -0.2) is 9.97 Å². The number of pyridine rings is 1. The van der Waals surface area contributed by atoms with Gasteiger partial charge in [-0.15, -0.1) is 11.3 Å². The minimum atomic E-state index is 0.131. The van der Waals surface area contributed by atoms with Crippen LogP contribution in [-0.4, -0.2) is 62.3 Å². The third-order valence-electron chi connectivity index (χ3n) is 6.03. The van der Waals surface area contributed by atoms with E-state index in [0.717, 1.165) is 72.1 Å². The summed E-state index contributed by atoms with van der Waals surface area (Å²) in [6.45, 7) is 5.08. The molecule has 0 spiro atoms. The first-order chi connectivity index (χ1) is 15.7. The second-order valence-corrected chi connectivity index (χ2v) is 9.00. The van der Waals surface area contributed by atoms with Gasteiger partial charge in [-0.3, -0.25) is 4.79 Å². The van der Waals surface area contributed by atoms with Gasteiger partial charge in [-0.05, 0) is 36.6 Å². The van der Waals surface area contributed by atoms with Crippen molar-refractivity contribution in [3.05, 3.63) is 29.8 Å². The predicted molar refractivity (Wildman–Crippen MR) is 126 cm³/mol. The Labute approximate surface area is 191 Å². The molecular formula is C23H27N5O3S. The van der Waals surface area contributed by atoms with Crippen molar-refractivity contribution in [3.63, 3.8) is 0 Å². The number of hydrogen-bond donors (Lipinski definition) is 2. The Hall–Kier alpha value is -2.91. The summed E-state index contributed by atoms with van der Waals surface area (Å²) in [5.41, 5.74) is 5.52. The van der Waals surface area contributed by atoms with E-state index in [0.29, 0.717) is 24.8 Å². The van der Waals surface area contributed by atoms with Crippen molar-refractivity contribution >= 4 is 33.1 Å². The molecule has 4 heterocycles. The molecule has 32 heavy (non-hydrogen) atoms. The van der Waals surface area contributed by atoms with Gasteiger partial charge in [0.2, 0.25) is 11.8 Å². The van der Waals surface area contributed by atoms with Crippen molar-refractivity contribution in [1.29, 1.82) is 0 Å². The number of amides is 1. The average molecular weight is 454 g/mol. The van der Waals surface area contributed by atoms with E-state index in [4.69, 9.17) is 14.5 Å². The summed E-state index contributed by atoms with van der Waals surface area (Å²) >= 11 is 1.57. The molecule has 2 aliphatic heterocycles. The number of methoxy groups -OCH3 is 1. The molecule has 9 heteroatoms. The first-order valence-corrected chi connectivity index (χ1v) is 11.9. The number of rotatable bonds is 7. The van der Waals surface area contributed by atoms with E-state index >= 15 is 0 Å². The highest BCUT2D eigenvalue weighted by molar-refractivity contribution is 7.17. The van der Waals surface area contributed by atoms with Gasteiger partial charge in [-0.1, -0.05) is 0 Å². The van der Waals surface area contributed by atoms with Gasteiger partial charge >= 0.3 is 0 Å². The number of anilines is 1. The van der Waals surface area contributed by atoms with E-state index < -0.39 is 0 Å². The Morgan fingerprint density at radius 1 is 1.25 bits per heavy atom. The number of ether oxygens (including phenoxy) is 2. The largest absolute Gasteiger partial charge is 0.492 e. The molecule has 0 radical (unpaired) electrons. The van der Waals surface area contributed by atoms with E-state index in [1.165, 1.54) is 0 Å². The number of benzene rings is 1. The number of nitrogens with zero attached hydrogens (tertiary/aromatic N) is 3. The summed E-state index contributed by atoms with van der Waals surface area (Å²) in [7, 11) is 1.67. The summed E-state index contributed by atoms with van der Waals surface area (Å²) in [6.07, 6.45) is 1.43. The maximum atomic E-state index is 11.4. The summed E-state index contributed by atoms with van der Waals surface area (Å²) in [6, 6.07) is 8.20. The van der Waals surface area contributed by atoms with Crippen molar-refractivity contribution in [2.75, 3.05) is 51.3 Å². The van der Waals surface area contributed by atoms with Crippen LogP contribution in [0.2, 0.25) is 0 Å². The van der Waals surface area contributed by atoms with Crippen molar-refractivity contribution in [2.24, 2.45) is 5.92 Å². The molecule has 8 nitrogen and oxygen atoms in total. The molecule has 2 fully saturated rings. The SMILES string of the molecule is COc1nc(-c2cc(OCC[C@H]3CNC(=O)C3)c3scnc3c2)ccc1N1CCNCC1. The Morgan fingerprint density at radius 3 is 2.91 bits per heavy atom. The highest BCUT2D eigenvalue weighted by Crippen LogP contribution is 2.36. The quantitative estimate of drug-likeness (QED) is 0.569. The van der Waals surface area contributed by atoms with Crippen LogP contribution in [-0.2, 0) is 4.79 Å². The highest BCUT2D eigenvalue weighted by atomic mass is 32.1. The Bertz CT molecular complexity index is 1110. The molecule has 2 aromatic heterocycles. The van der Waals surface area contributed by atoms with E-state index in [1.54, 1.807) is 18.4 Å². The first kappa shape index (κ1) is 21.0. The van der Waals surface area contributed by atoms with Crippen LogP contribution in [0.3, 0.4) is 0 Å². The molecule has 1 amide bonds. The molecule has 1 atom stereocenters. The van der Waals surface area contributed by atoms with Crippen LogP contribution in [0.5, 0.6) is 11.6 Å². The van der Waals surface area contributed by atoms with Gasteiger partial charge in [0, 0.05) is 44.7 Å². The maximum absolute atomic E-state index is 11.4. The zero-order valence-electron chi connectivity index (χ0n) is 18.1. The van der Waals surface area contributed by atoms with Gasteiger partial charge in [0.15, 0.2) is 0 Å². The molecule has 2 N–H and O–H groups in total. The lowest BCUT2D eigenvalue weighted by Crippen LogP contribution is -2.43. The highest BCUT2D eigenvalue weighted by Gasteiger charge is 2.22. The number of thiazole rings is 1. The van der Waals surface area contributed by atoms with Gasteiger partial charge in [-0.2, -0.15) is 0 Å². The molecule has 5 rings (SSSR count). The smallest absolute Gasteiger partial charge is 0.237 e. The first-order valence-electron chi connectivity index (χ1n) is 11.0. The van der Waals surface area contributed by atoms with Crippen LogP contribution in [0.25, 0.3) is 21.5 Å². The van der Waals surface area contributed by atoms with Gasteiger partial charge < -0.3 is 25.0 Å². The Morgan fingerprint density at radius 2 is 2.12 bits per heavy atom. The zero-order chi connectivity index (χ0) is 21.9. The van der Waals surface area contributed by atoms with Crippen LogP contribution in [0.15, 0.2) is 29.8 Å². The molecule has 3 aromatic rings. The average Bonchev–Trinajstić information content (AvgIpc) is 3.48. The Balaban J connectivity index is 1.39. The van der Waals surface area contributed by atoms with Crippen molar-refractivity contribution in [3.8, 4) is 22.9 Å². The van der Waals surface area contributed by atoms with Gasteiger partial charge in [0.05, 0.1) is 40.8 Å². The third kappa shape index (κ3) is 4.35. The number of aromatic nitrogens is 2. The van der Waals surface area contributed by atoms with E-state index in [1.807, 2.05) is 23.7 Å². The lowest BCUT2D eigenvalue weighted by molar-refractivity contribution is -0.119. The fourth-order valence-corrected chi connectivity index (χ4v) is 5.03. The normalized spacial score (nSPS) is 18.7. The summed E-state index contributed by atoms with van der Waals surface area (Å²) < 4.78 is 12.8. The molecule has 2 aliphatic rings. The predicted octanol–water partition coefficient (Wildman–Crippen LogP) is 2.68. The molecule has 0 unspecified atom stereocenters. The number of carbonyl (C=O) groups is 1. The number of nitrogens with one attached hydrogen (secondary N) is 2. The molecule has 168 valence electrons. The lowest BCUT2D eigenvalue weighted by atomic mass is 10.1. The van der Waals surface area contributed by atoms with Crippen molar-refractivity contribution < 1.29 is 14.3 Å². The summed E-state index contributed by atoms with van der Waals surface area (Å²) in [4.78, 5) is 23.0. The zero-order valence-corrected chi connectivity index (χ0v) is 18.9. The minimum absolute atomic E-state index is 0.131. The number of fused-ring (bicyclic) bond motifs is 1. The fraction of sp³-hybridized carbons (Fsp3) is 0.435. The second kappa shape index (κ2) is 9.30. The summed E-state index contributed by atoms with van der Waals surface area (Å²) in [5.74, 6) is 1.91. The Kier molecular flexibility index (Phi) is 6.09. The van der Waals surface area contributed by atoms with Crippen LogP contribution >= 0.6 is 11.3 Å². The lowest BCUT2D eigenvalue weighted by Gasteiger charge is -2.30. The van der Waals surface area contributed by atoms with Gasteiger partial charge in [0.25, 0.3) is 0 Å². The molecule has 0 saturated carbocycles. The molecular weight excluding hydrogens is 426 g/mol. The van der Waals surface area contributed by atoms with Crippen LogP contribution in [0, 0.1) is 5.92 Å². The van der Waals surface area contributed by atoms with Crippen molar-refractivity contribution in [1.82, 2.24) is 20.6 Å². The van der Waals surface area contributed by atoms with E-state index in [2.05, 4.69) is 26.6 Å². The van der Waals surface area contributed by atoms with E-state index in [9.17, 15) is 4.79 Å². The molecule has 2 saturated heterocycles. The molecule has 0 aliphatic carbocycles. The minimum Gasteiger partial charge on any atom is -0.492 e. The molecule has 0 bridgehead atoms. The number of carbonyl (C=O) groups excluding carboxylic acids is 1. The third-order valence-corrected chi connectivity index (χ3v) is 6.89. The van der Waals surface area contributed by atoms with Crippen molar-refractivity contribution in [2.45, 2.75) is 12.8 Å². The van der Waals surface area contributed by atoms with Gasteiger partial charge in [0.1, 0.15) is 5.75 Å². The second-order valence-electron chi connectivity index (χ2n) is 8.15. The summed E-state index contributed by atoms with van der Waals surface area (Å²) in [5, 5.41) is 6.26. The van der Waals surface area contributed by atoms with Crippen LogP contribution in [0.1, 0.15) is 12.8 Å². The topological polar surface area (TPSA) is 88.6 Å². The van der Waals surface area contributed by atoms with Crippen LogP contribution < -0.4 is 25.0 Å². The van der Waals surface area contributed by atoms with Crippen LogP contribution in [0.4, 0.5) is 5.69 Å². The maximum Gasteiger partial charge on any atom is 0.237 e. The number of hydrogen-bond acceptors (Lipinski definition) is 8. The standard InChI is InChI=1S/C23H27N5O3S/c1-30-23-19(28-7-5-24-6-8-28)3-2-17(27-23)16-11-18-22(32-14-26-18)20(12-16)31-9-4-15-10-21(29)25-13-15/h2-3,11-12,14-15,24H,4-10,13H2,1H3,(H,25,29)/t15-/m1/s1. The number of piperazine rings is 1. The fourth-order valence-electron chi connectivity index (χ4n) is 4.29. The monoisotopic (exact) mass is 453 g/mol. The molecule has 1 aromatic carbocycles. The van der Waals surface area contributed by atoms with E-state index in [-0.39, 0.29) is 5.91 Å².